The fourth-order valence-electron chi connectivity index (χ4n) is 1.57. The lowest BCUT2D eigenvalue weighted by Crippen LogP contribution is -2.24. The van der Waals surface area contributed by atoms with Crippen LogP contribution in [0.15, 0.2) is 18.2 Å². The van der Waals surface area contributed by atoms with E-state index in [4.69, 9.17) is 4.74 Å². The molecule has 0 spiro atoms. The van der Waals surface area contributed by atoms with Gasteiger partial charge in [-0.15, -0.1) is 0 Å². The van der Waals surface area contributed by atoms with E-state index in [2.05, 4.69) is 5.32 Å². The molecule has 0 saturated heterocycles. The summed E-state index contributed by atoms with van der Waals surface area (Å²) in [6, 6.07) is 4.28. The number of anilines is 1. The number of carbonyl (C=O) groups excluding carboxylic acids is 1. The molecule has 1 aromatic carbocycles. The number of hydrogen-bond acceptors (Lipinski definition) is 3. The maximum Gasteiger partial charge on any atom is 0.227 e. The number of amides is 1. The molecule has 4 nitrogen and oxygen atoms in total. The molecule has 1 unspecified atom stereocenters. The smallest absolute Gasteiger partial charge is 0.227 e. The van der Waals surface area contributed by atoms with Crippen molar-refractivity contribution >= 4 is 11.6 Å². The third kappa shape index (κ3) is 5.17. The van der Waals surface area contributed by atoms with E-state index in [-0.39, 0.29) is 24.1 Å². The molecule has 1 amide bonds. The molecule has 1 rings (SSSR count). The van der Waals surface area contributed by atoms with Crippen molar-refractivity contribution in [3.63, 3.8) is 0 Å². The van der Waals surface area contributed by atoms with Crippen LogP contribution in [0.3, 0.4) is 0 Å². The summed E-state index contributed by atoms with van der Waals surface area (Å²) < 4.78 is 19.2. The minimum Gasteiger partial charge on any atom is -0.491 e. The van der Waals surface area contributed by atoms with Crippen molar-refractivity contribution in [2.45, 2.75) is 46.3 Å². The van der Waals surface area contributed by atoms with Gasteiger partial charge in [0.25, 0.3) is 0 Å². The molecule has 20 heavy (non-hydrogen) atoms. The zero-order valence-corrected chi connectivity index (χ0v) is 12.3. The molecular weight excluding hydrogens is 261 g/mol. The van der Waals surface area contributed by atoms with Crippen LogP contribution in [0.5, 0.6) is 5.75 Å². The van der Waals surface area contributed by atoms with Gasteiger partial charge in [0.2, 0.25) is 5.91 Å². The fraction of sp³-hybridized carbons (Fsp3) is 0.533. The van der Waals surface area contributed by atoms with Crippen LogP contribution in [0.2, 0.25) is 0 Å². The van der Waals surface area contributed by atoms with Crippen molar-refractivity contribution in [3.05, 3.63) is 24.0 Å². The molecule has 0 bridgehead atoms. The van der Waals surface area contributed by atoms with Crippen molar-refractivity contribution in [1.82, 2.24) is 0 Å². The van der Waals surface area contributed by atoms with E-state index in [1.165, 1.54) is 12.1 Å². The Hall–Kier alpha value is -1.62. The maximum absolute atomic E-state index is 13.8. The zero-order chi connectivity index (χ0) is 15.3. The average Bonchev–Trinajstić information content (AvgIpc) is 2.31. The number of aliphatic hydroxyl groups is 1. The van der Waals surface area contributed by atoms with Gasteiger partial charge >= 0.3 is 0 Å². The molecule has 1 aromatic rings. The van der Waals surface area contributed by atoms with Gasteiger partial charge in [0.1, 0.15) is 11.6 Å². The van der Waals surface area contributed by atoms with E-state index in [9.17, 15) is 14.3 Å². The lowest BCUT2D eigenvalue weighted by molar-refractivity contribution is -0.118. The Kier molecular flexibility index (Phi) is 5.95. The number of benzene rings is 1. The lowest BCUT2D eigenvalue weighted by atomic mass is 10.0. The van der Waals surface area contributed by atoms with E-state index in [0.717, 1.165) is 0 Å². The van der Waals surface area contributed by atoms with Gasteiger partial charge < -0.3 is 15.2 Å². The topological polar surface area (TPSA) is 58.6 Å². The summed E-state index contributed by atoms with van der Waals surface area (Å²) in [5.74, 6) is -0.580. The van der Waals surface area contributed by atoms with E-state index >= 15 is 0 Å². The Morgan fingerprint density at radius 3 is 2.50 bits per heavy atom. The minimum absolute atomic E-state index is 0.0209. The highest BCUT2D eigenvalue weighted by Gasteiger charge is 2.15. The van der Waals surface area contributed by atoms with Crippen LogP contribution in [0.1, 0.15) is 34.1 Å². The second kappa shape index (κ2) is 7.24. The molecule has 0 radical (unpaired) electrons. The summed E-state index contributed by atoms with van der Waals surface area (Å²) in [4.78, 5) is 11.7. The van der Waals surface area contributed by atoms with Gasteiger partial charge in [0, 0.05) is 6.07 Å². The maximum atomic E-state index is 13.8. The van der Waals surface area contributed by atoms with Gasteiger partial charge in [0.05, 0.1) is 24.3 Å². The minimum atomic E-state index is -0.735. The monoisotopic (exact) mass is 283 g/mol. The summed E-state index contributed by atoms with van der Waals surface area (Å²) >= 11 is 0. The Balaban J connectivity index is 2.66. The van der Waals surface area contributed by atoms with Crippen LogP contribution in [-0.2, 0) is 4.79 Å². The second-order valence-electron chi connectivity index (χ2n) is 5.37. The molecule has 1 atom stereocenters. The standard InChI is InChI=1S/C15H22FNO3/c1-9(2)14(18)8-15(19)17-13-6-5-11(7-12(13)16)20-10(3)4/h5-7,9-10,14,18H,8H2,1-4H3,(H,17,19). The number of rotatable bonds is 6. The predicted octanol–water partition coefficient (Wildman–Crippen LogP) is 2.96. The zero-order valence-electron chi connectivity index (χ0n) is 12.3. The van der Waals surface area contributed by atoms with Crippen molar-refractivity contribution < 1.29 is 19.0 Å². The van der Waals surface area contributed by atoms with Crippen LogP contribution in [0.25, 0.3) is 0 Å². The van der Waals surface area contributed by atoms with Gasteiger partial charge in [0.15, 0.2) is 0 Å². The summed E-state index contributed by atoms with van der Waals surface area (Å²) in [7, 11) is 0. The van der Waals surface area contributed by atoms with E-state index in [1.54, 1.807) is 6.07 Å². The molecule has 0 fully saturated rings. The fourth-order valence-corrected chi connectivity index (χ4v) is 1.57. The number of hydrogen-bond donors (Lipinski definition) is 2. The first-order valence-corrected chi connectivity index (χ1v) is 6.73. The molecule has 0 heterocycles. The van der Waals surface area contributed by atoms with Crippen molar-refractivity contribution in [1.29, 1.82) is 0 Å². The van der Waals surface area contributed by atoms with Crippen molar-refractivity contribution in [3.8, 4) is 5.75 Å². The second-order valence-corrected chi connectivity index (χ2v) is 5.37. The molecular formula is C15H22FNO3. The van der Waals surface area contributed by atoms with E-state index in [0.29, 0.717) is 5.75 Å². The summed E-state index contributed by atoms with van der Waals surface area (Å²) in [6.45, 7) is 7.33. The van der Waals surface area contributed by atoms with Gasteiger partial charge in [-0.1, -0.05) is 13.8 Å². The van der Waals surface area contributed by atoms with E-state index < -0.39 is 17.8 Å². The summed E-state index contributed by atoms with van der Waals surface area (Å²) in [5, 5.41) is 12.1. The Morgan fingerprint density at radius 2 is 2.00 bits per heavy atom. The Labute approximate surface area is 119 Å². The molecule has 0 aromatic heterocycles. The Bertz CT molecular complexity index is 460. The highest BCUT2D eigenvalue weighted by molar-refractivity contribution is 5.91. The molecule has 2 N–H and O–H groups in total. The predicted molar refractivity (Wildman–Crippen MR) is 76.3 cm³/mol. The van der Waals surface area contributed by atoms with Crippen LogP contribution in [0, 0.1) is 11.7 Å². The summed E-state index contributed by atoms with van der Waals surface area (Å²) in [5.41, 5.74) is 0.0852. The molecule has 112 valence electrons. The normalized spacial score (nSPS) is 12.6. The summed E-state index contributed by atoms with van der Waals surface area (Å²) in [6.07, 6.45) is -0.834. The van der Waals surface area contributed by atoms with Crippen LogP contribution in [0.4, 0.5) is 10.1 Å². The average molecular weight is 283 g/mol. The van der Waals surface area contributed by atoms with Crippen LogP contribution >= 0.6 is 0 Å². The number of halogens is 1. The van der Waals surface area contributed by atoms with Gasteiger partial charge in [-0.05, 0) is 31.9 Å². The number of nitrogens with one attached hydrogen (secondary N) is 1. The van der Waals surface area contributed by atoms with Crippen molar-refractivity contribution in [2.24, 2.45) is 5.92 Å². The highest BCUT2D eigenvalue weighted by Crippen LogP contribution is 2.22. The number of carbonyl (C=O) groups is 1. The molecule has 0 saturated carbocycles. The SMILES string of the molecule is CC(C)Oc1ccc(NC(=O)CC(O)C(C)C)c(F)c1. The largest absolute Gasteiger partial charge is 0.491 e. The Morgan fingerprint density at radius 1 is 1.35 bits per heavy atom. The first-order chi connectivity index (χ1) is 9.29. The first kappa shape index (κ1) is 16.4. The van der Waals surface area contributed by atoms with Gasteiger partial charge in [-0.3, -0.25) is 4.79 Å². The highest BCUT2D eigenvalue weighted by atomic mass is 19.1. The van der Waals surface area contributed by atoms with Crippen LogP contribution in [-0.4, -0.2) is 23.2 Å². The third-order valence-corrected chi connectivity index (χ3v) is 2.75. The van der Waals surface area contributed by atoms with Crippen LogP contribution < -0.4 is 10.1 Å². The molecule has 0 aliphatic rings. The van der Waals surface area contributed by atoms with Crippen molar-refractivity contribution in [2.75, 3.05) is 5.32 Å². The third-order valence-electron chi connectivity index (χ3n) is 2.75. The first-order valence-electron chi connectivity index (χ1n) is 6.73. The van der Waals surface area contributed by atoms with Gasteiger partial charge in [-0.2, -0.15) is 0 Å². The van der Waals surface area contributed by atoms with Gasteiger partial charge in [-0.25, -0.2) is 4.39 Å². The lowest BCUT2D eigenvalue weighted by Gasteiger charge is -2.15. The number of ether oxygens (including phenoxy) is 1. The van der Waals surface area contributed by atoms with E-state index in [1.807, 2.05) is 27.7 Å². The number of aliphatic hydroxyl groups excluding tert-OH is 1. The molecule has 0 aliphatic carbocycles. The quantitative estimate of drug-likeness (QED) is 0.844. The molecule has 0 aliphatic heterocycles. The molecule has 5 heteroatoms.